The summed E-state index contributed by atoms with van der Waals surface area (Å²) in [7, 11) is 0. The van der Waals surface area contributed by atoms with Gasteiger partial charge in [0.25, 0.3) is 0 Å². The molecule has 0 aliphatic heterocycles. The molecule has 0 bridgehead atoms. The summed E-state index contributed by atoms with van der Waals surface area (Å²) in [6.07, 6.45) is 0. The van der Waals surface area contributed by atoms with Crippen LogP contribution in [-0.2, 0) is 0 Å². The Kier molecular flexibility index (Phi) is 8.04. The summed E-state index contributed by atoms with van der Waals surface area (Å²) in [6, 6.07) is 21.2. The summed E-state index contributed by atoms with van der Waals surface area (Å²) in [4.78, 5) is 0. The molecule has 0 amide bonds. The molecule has 0 atom stereocenters. The van der Waals surface area contributed by atoms with Gasteiger partial charge in [-0.05, 0) is 0 Å². The Hall–Kier alpha value is -2.15. The molecule has 0 nitrogen and oxygen atoms in total. The van der Waals surface area contributed by atoms with Crippen LogP contribution in [0.15, 0.2) is 60.7 Å². The molecule has 0 aromatic heterocycles. The number of hydrogen-bond donors (Lipinski definition) is 0. The molecule has 3 aromatic carbocycles. The quantitative estimate of drug-likeness (QED) is 0.475. The molecule has 0 unspecified atom stereocenters. The maximum Gasteiger partial charge on any atom is -0.0683 e. The van der Waals surface area contributed by atoms with E-state index in [1.807, 2.05) is 33.8 Å². The molecule has 0 N–H and O–H groups in total. The minimum Gasteiger partial charge on any atom is -0.0683 e. The Balaban J connectivity index is 0.000000615. The normalized spacial score (nSPS) is 11.6. The molecule has 0 spiro atoms. The molecular weight excluding hydrogens is 275 g/mol. The first-order valence-corrected chi connectivity index (χ1v) is 8.53. The Bertz CT molecular complexity index is 940. The van der Waals surface area contributed by atoms with Crippen molar-refractivity contribution < 1.29 is 0 Å². The Labute approximate surface area is 140 Å². The third kappa shape index (κ3) is 4.19. The number of hydrogen-bond acceptors (Lipinski definition) is 0. The van der Waals surface area contributed by atoms with Crippen molar-refractivity contribution in [3.8, 4) is 0 Å². The van der Waals surface area contributed by atoms with Gasteiger partial charge < -0.3 is 0 Å². The molecular formula is C22H27B. The van der Waals surface area contributed by atoms with Gasteiger partial charge in [-0.2, -0.15) is 0 Å². The van der Waals surface area contributed by atoms with E-state index >= 15 is 0 Å². The van der Waals surface area contributed by atoms with Crippen molar-refractivity contribution in [1.29, 1.82) is 0 Å². The maximum atomic E-state index is 4.14. The van der Waals surface area contributed by atoms with Crippen LogP contribution in [0.25, 0.3) is 17.4 Å². The van der Waals surface area contributed by atoms with Gasteiger partial charge in [-0.25, -0.2) is 0 Å². The zero-order valence-electron chi connectivity index (χ0n) is 15.1. The minimum absolute atomic E-state index is 1.07. The van der Waals surface area contributed by atoms with E-state index in [0.29, 0.717) is 0 Å². The van der Waals surface area contributed by atoms with Gasteiger partial charge in [-0.1, -0.05) is 27.7 Å². The average Bonchev–Trinajstić information content (AvgIpc) is 2.64. The molecule has 0 heterocycles. The van der Waals surface area contributed by atoms with Crippen molar-refractivity contribution in [1.82, 2.24) is 0 Å². The summed E-state index contributed by atoms with van der Waals surface area (Å²) >= 11 is 0. The van der Waals surface area contributed by atoms with E-state index in [2.05, 4.69) is 74.9 Å². The molecule has 0 aliphatic rings. The summed E-state index contributed by atoms with van der Waals surface area (Å²) in [5.74, 6) is 0. The first-order valence-electron chi connectivity index (χ1n) is 8.53. The van der Waals surface area contributed by atoms with Crippen LogP contribution in [0, 0.1) is 15.5 Å². The van der Waals surface area contributed by atoms with E-state index in [-0.39, 0.29) is 0 Å². The van der Waals surface area contributed by atoms with Gasteiger partial charge in [0.2, 0.25) is 0 Å². The summed E-state index contributed by atoms with van der Waals surface area (Å²) < 4.78 is 0. The fourth-order valence-corrected chi connectivity index (χ4v) is 2.62. The van der Waals surface area contributed by atoms with Gasteiger partial charge >= 0.3 is 113 Å². The van der Waals surface area contributed by atoms with Gasteiger partial charge in [0.1, 0.15) is 0 Å². The van der Waals surface area contributed by atoms with E-state index in [1.165, 1.54) is 26.3 Å². The number of rotatable bonds is 0. The van der Waals surface area contributed by atoms with Crippen molar-refractivity contribution in [2.75, 3.05) is 0 Å². The maximum absolute atomic E-state index is 4.14. The van der Waals surface area contributed by atoms with Crippen molar-refractivity contribution in [2.45, 2.75) is 34.5 Å². The minimum atomic E-state index is 1.07. The van der Waals surface area contributed by atoms with Crippen LogP contribution in [0.4, 0.5) is 0 Å². The molecule has 0 saturated heterocycles. The predicted molar refractivity (Wildman–Crippen MR) is 106 cm³/mol. The molecule has 1 heteroatoms. The Morgan fingerprint density at radius 3 is 1.96 bits per heavy atom. The third-order valence-corrected chi connectivity index (χ3v) is 3.57. The third-order valence-electron chi connectivity index (χ3n) is 3.57. The van der Waals surface area contributed by atoms with Crippen LogP contribution in [0.2, 0.25) is 6.82 Å². The molecule has 0 radical (unpaired) electrons. The Morgan fingerprint density at radius 1 is 0.696 bits per heavy atom. The van der Waals surface area contributed by atoms with Gasteiger partial charge in [0.15, 0.2) is 0 Å². The molecule has 3 aromatic rings. The van der Waals surface area contributed by atoms with Gasteiger partial charge in [0.05, 0.1) is 0 Å². The predicted octanol–water partition coefficient (Wildman–Crippen LogP) is 5.59. The molecule has 23 heavy (non-hydrogen) atoms. The van der Waals surface area contributed by atoms with Crippen LogP contribution in [0.1, 0.15) is 27.7 Å². The largest absolute Gasteiger partial charge is 0.0683 e. The van der Waals surface area contributed by atoms with E-state index in [4.69, 9.17) is 0 Å². The zero-order valence-corrected chi connectivity index (χ0v) is 15.1. The number of benzene rings is 3. The average molecular weight is 302 g/mol. The van der Waals surface area contributed by atoms with Gasteiger partial charge in [-0.15, -0.1) is 0 Å². The van der Waals surface area contributed by atoms with Crippen LogP contribution in [-0.4, -0.2) is 6.92 Å². The second-order valence-electron chi connectivity index (χ2n) is 4.69. The summed E-state index contributed by atoms with van der Waals surface area (Å²) in [5, 5.41) is 7.40. The topological polar surface area (TPSA) is 0 Å². The van der Waals surface area contributed by atoms with E-state index < -0.39 is 0 Å². The molecule has 0 aliphatic carbocycles. The van der Waals surface area contributed by atoms with Crippen molar-refractivity contribution in [3.05, 3.63) is 81.4 Å². The van der Waals surface area contributed by atoms with E-state index in [9.17, 15) is 0 Å². The second-order valence-corrected chi connectivity index (χ2v) is 4.69. The first kappa shape index (κ1) is 18.9. The number of fused-ring (bicyclic) bond motifs is 1. The van der Waals surface area contributed by atoms with Crippen LogP contribution in [0.5, 0.6) is 0 Å². The first-order chi connectivity index (χ1) is 11.3. The Morgan fingerprint density at radius 2 is 1.30 bits per heavy atom. The van der Waals surface area contributed by atoms with Gasteiger partial charge in [0, 0.05) is 0 Å². The molecule has 3 rings (SSSR count). The molecule has 118 valence electrons. The van der Waals surface area contributed by atoms with Crippen molar-refractivity contribution >= 4 is 24.3 Å². The smallest absolute Gasteiger partial charge is 0.0683 e. The SMILES string of the molecule is C=c1cccc/c1=c1\ccc2ccccc2c1=BC.CC.CC. The van der Waals surface area contributed by atoms with Gasteiger partial charge in [-0.3, -0.25) is 0 Å². The monoisotopic (exact) mass is 302 g/mol. The van der Waals surface area contributed by atoms with Crippen LogP contribution < -0.4 is 5.22 Å². The zero-order chi connectivity index (χ0) is 17.2. The van der Waals surface area contributed by atoms with E-state index in [0.717, 1.165) is 5.22 Å². The molecule has 0 saturated carbocycles. The summed E-state index contributed by atoms with van der Waals surface area (Å²) in [5.41, 5.74) is 0. The molecule has 0 fully saturated rings. The standard InChI is InChI=1S/C18H15B.2C2H6/c1-13-7-3-5-9-15(13)17-12-11-14-8-4-6-10-16(14)18(17)19-2;2*1-2/h3-12H,1H2,2H3;2*1-2H3/b17-15-;;. The van der Waals surface area contributed by atoms with Crippen LogP contribution in [0.3, 0.4) is 0 Å². The van der Waals surface area contributed by atoms with Crippen LogP contribution >= 0.6 is 0 Å². The van der Waals surface area contributed by atoms with Crippen molar-refractivity contribution in [3.63, 3.8) is 0 Å². The summed E-state index contributed by atoms with van der Waals surface area (Å²) in [6.45, 7) is 16.4. The fraction of sp³-hybridized carbons (Fsp3) is 0.227. The second kappa shape index (κ2) is 9.79. The fourth-order valence-electron chi connectivity index (χ4n) is 2.62. The van der Waals surface area contributed by atoms with E-state index in [1.54, 1.807) is 0 Å². The van der Waals surface area contributed by atoms with Crippen molar-refractivity contribution in [2.24, 2.45) is 0 Å².